The van der Waals surface area contributed by atoms with E-state index in [9.17, 15) is 4.79 Å². The Morgan fingerprint density at radius 2 is 2.25 bits per heavy atom. The predicted molar refractivity (Wildman–Crippen MR) is 37.7 cm³/mol. The molecule has 0 saturated heterocycles. The average molecular weight is 345 g/mol. The maximum Gasteiger partial charge on any atom is 0.354 e. The van der Waals surface area contributed by atoms with Crippen LogP contribution in [0.15, 0.2) is 18.3 Å². The van der Waals surface area contributed by atoms with Crippen LogP contribution in [0.3, 0.4) is 0 Å². The number of carbonyl (C=O) groups is 1. The summed E-state index contributed by atoms with van der Waals surface area (Å²) >= 11 is 0. The van der Waals surface area contributed by atoms with E-state index in [1.807, 2.05) is 0 Å². The monoisotopic (exact) mass is 346 g/mol. The van der Waals surface area contributed by atoms with Gasteiger partial charge in [-0.25, -0.2) is 9.78 Å². The fourth-order valence-electron chi connectivity index (χ4n) is 0.628. The topological polar surface area (TPSA) is 59.4 Å². The van der Waals surface area contributed by atoms with Gasteiger partial charge in [0.15, 0.2) is 0 Å². The molecule has 1 aromatic heterocycles. The van der Waals surface area contributed by atoms with Crippen LogP contribution in [0.4, 0.5) is 0 Å². The van der Waals surface area contributed by atoms with Crippen LogP contribution in [0.2, 0.25) is 0 Å². The Balaban J connectivity index is 0.00000121. The zero-order chi connectivity index (χ0) is 8.27. The van der Waals surface area contributed by atoms with Crippen molar-refractivity contribution in [3.8, 4) is 5.75 Å². The Hall–Kier alpha value is -0.931. The second-order valence-electron chi connectivity index (χ2n) is 1.89. The molecule has 67 valence electrons. The number of methoxy groups -OCH3 is 1. The molecule has 0 aliphatic carbocycles. The molecule has 0 spiro atoms. The number of hydrogen-bond acceptors (Lipinski definition) is 3. The summed E-state index contributed by atoms with van der Waals surface area (Å²) in [6, 6.07) is 2.94. The third-order valence-corrected chi connectivity index (χ3v) is 1.19. The molecule has 12 heavy (non-hydrogen) atoms. The Bertz CT molecular complexity index is 260. The Morgan fingerprint density at radius 1 is 1.58 bits per heavy atom. The number of hydrogen-bond donors (Lipinski definition) is 1. The van der Waals surface area contributed by atoms with Gasteiger partial charge in [-0.05, 0) is 12.1 Å². The Labute approximate surface area is 82.9 Å². The van der Waals surface area contributed by atoms with Gasteiger partial charge >= 0.3 is 5.97 Å². The van der Waals surface area contributed by atoms with E-state index in [0.29, 0.717) is 5.75 Å². The molecule has 0 saturated carbocycles. The van der Waals surface area contributed by atoms with Crippen LogP contribution < -0.4 is 4.74 Å². The zero-order valence-electron chi connectivity index (χ0n) is 6.28. The van der Waals surface area contributed by atoms with E-state index in [1.54, 1.807) is 6.07 Å². The van der Waals surface area contributed by atoms with Crippen molar-refractivity contribution in [1.82, 2.24) is 4.98 Å². The van der Waals surface area contributed by atoms with Crippen molar-refractivity contribution < 1.29 is 34.7 Å². The Morgan fingerprint density at radius 3 is 2.58 bits per heavy atom. The molecule has 0 bridgehead atoms. The number of nitrogens with zero attached hydrogens (tertiary/aromatic N) is 1. The smallest absolute Gasteiger partial charge is 0.354 e. The van der Waals surface area contributed by atoms with Gasteiger partial charge in [0.05, 0.1) is 13.3 Å². The normalized spacial score (nSPS) is 8.42. The molecule has 0 fully saturated rings. The molecule has 0 aliphatic heterocycles. The standard InChI is InChI=1S/C7H7NO3.Ir/c1-11-5-2-3-6(7(9)10)8-4-5;/h2-4H,1H3,(H,9,10);. The van der Waals surface area contributed by atoms with E-state index < -0.39 is 5.97 Å². The summed E-state index contributed by atoms with van der Waals surface area (Å²) in [5.74, 6) is -0.484. The fourth-order valence-corrected chi connectivity index (χ4v) is 0.628. The molecule has 1 heterocycles. The van der Waals surface area contributed by atoms with E-state index >= 15 is 0 Å². The summed E-state index contributed by atoms with van der Waals surface area (Å²) in [5.41, 5.74) is 0.0193. The third-order valence-electron chi connectivity index (χ3n) is 1.19. The summed E-state index contributed by atoms with van der Waals surface area (Å²) in [5, 5.41) is 8.45. The minimum absolute atomic E-state index is 0. The van der Waals surface area contributed by atoms with Crippen LogP contribution in [0, 0.1) is 0 Å². The van der Waals surface area contributed by atoms with Gasteiger partial charge in [0.1, 0.15) is 11.4 Å². The van der Waals surface area contributed by atoms with Crippen molar-refractivity contribution in [3.05, 3.63) is 24.0 Å². The van der Waals surface area contributed by atoms with Crippen LogP contribution in [0.25, 0.3) is 0 Å². The number of ether oxygens (including phenoxy) is 1. The van der Waals surface area contributed by atoms with Crippen molar-refractivity contribution in [1.29, 1.82) is 0 Å². The molecule has 0 amide bonds. The van der Waals surface area contributed by atoms with Gasteiger partial charge < -0.3 is 9.84 Å². The molecule has 1 radical (unpaired) electrons. The maximum absolute atomic E-state index is 10.3. The van der Waals surface area contributed by atoms with Crippen LogP contribution >= 0.6 is 0 Å². The van der Waals surface area contributed by atoms with Crippen LogP contribution in [0.1, 0.15) is 10.5 Å². The summed E-state index contributed by atoms with van der Waals surface area (Å²) in [7, 11) is 1.50. The molecule has 0 aromatic carbocycles. The fraction of sp³-hybridized carbons (Fsp3) is 0.143. The molecule has 0 atom stereocenters. The number of aromatic carboxylic acids is 1. The van der Waals surface area contributed by atoms with Crippen molar-refractivity contribution in [3.63, 3.8) is 0 Å². The van der Waals surface area contributed by atoms with Gasteiger partial charge in [-0.15, -0.1) is 0 Å². The summed E-state index contributed by atoms with van der Waals surface area (Å²) in [4.78, 5) is 13.9. The predicted octanol–water partition coefficient (Wildman–Crippen LogP) is 0.786. The minimum atomic E-state index is -1.03. The molecule has 0 unspecified atom stereocenters. The average Bonchev–Trinajstić information content (AvgIpc) is 2.05. The first kappa shape index (κ1) is 11.1. The van der Waals surface area contributed by atoms with Crippen molar-refractivity contribution in [2.24, 2.45) is 0 Å². The van der Waals surface area contributed by atoms with Crippen molar-refractivity contribution >= 4 is 5.97 Å². The van der Waals surface area contributed by atoms with Crippen molar-refractivity contribution in [2.75, 3.05) is 7.11 Å². The first-order valence-electron chi connectivity index (χ1n) is 2.97. The molecule has 5 heteroatoms. The van der Waals surface area contributed by atoms with Crippen LogP contribution in [0.5, 0.6) is 5.75 Å². The molecular formula is C7H7IrNO3. The van der Waals surface area contributed by atoms with E-state index in [0.717, 1.165) is 0 Å². The van der Waals surface area contributed by atoms with E-state index in [-0.39, 0.29) is 25.8 Å². The van der Waals surface area contributed by atoms with E-state index in [2.05, 4.69) is 4.98 Å². The first-order valence-corrected chi connectivity index (χ1v) is 2.97. The number of carboxylic acids is 1. The number of pyridine rings is 1. The quantitative estimate of drug-likeness (QED) is 0.861. The second-order valence-corrected chi connectivity index (χ2v) is 1.89. The van der Waals surface area contributed by atoms with E-state index in [4.69, 9.17) is 9.84 Å². The van der Waals surface area contributed by atoms with Gasteiger partial charge in [0.25, 0.3) is 0 Å². The third kappa shape index (κ3) is 2.60. The first-order chi connectivity index (χ1) is 5.24. The van der Waals surface area contributed by atoms with Gasteiger partial charge in [-0.3, -0.25) is 0 Å². The van der Waals surface area contributed by atoms with Gasteiger partial charge in [-0.2, -0.15) is 0 Å². The van der Waals surface area contributed by atoms with Gasteiger partial charge in [0.2, 0.25) is 0 Å². The second kappa shape index (κ2) is 4.85. The minimum Gasteiger partial charge on any atom is -0.495 e. The van der Waals surface area contributed by atoms with Gasteiger partial charge in [-0.1, -0.05) is 0 Å². The van der Waals surface area contributed by atoms with Gasteiger partial charge in [0, 0.05) is 20.1 Å². The Kier molecular flexibility index (Phi) is 4.47. The molecular weight excluding hydrogens is 338 g/mol. The SMILES string of the molecule is COc1ccc(C(=O)O)nc1.[Ir]. The summed E-state index contributed by atoms with van der Waals surface area (Å²) in [6.45, 7) is 0. The number of rotatable bonds is 2. The maximum atomic E-state index is 10.3. The molecule has 4 nitrogen and oxygen atoms in total. The number of aromatic nitrogens is 1. The van der Waals surface area contributed by atoms with E-state index in [1.165, 1.54) is 19.4 Å². The van der Waals surface area contributed by atoms with Crippen LogP contribution in [-0.2, 0) is 20.1 Å². The number of carboxylic acid groups (broad SMARTS) is 1. The molecule has 1 N–H and O–H groups in total. The largest absolute Gasteiger partial charge is 0.495 e. The van der Waals surface area contributed by atoms with Crippen LogP contribution in [-0.4, -0.2) is 23.2 Å². The summed E-state index contributed by atoms with van der Waals surface area (Å²) < 4.78 is 4.79. The molecule has 1 aromatic rings. The molecule has 0 aliphatic rings. The summed E-state index contributed by atoms with van der Waals surface area (Å²) in [6.07, 6.45) is 1.36. The zero-order valence-corrected chi connectivity index (χ0v) is 8.67. The molecule has 1 rings (SSSR count). The van der Waals surface area contributed by atoms with Crippen molar-refractivity contribution in [2.45, 2.75) is 0 Å².